The summed E-state index contributed by atoms with van der Waals surface area (Å²) in [5.74, 6) is 0.716. The van der Waals surface area contributed by atoms with Crippen LogP contribution >= 0.6 is 23.2 Å². The van der Waals surface area contributed by atoms with Crippen LogP contribution in [0.25, 0.3) is 0 Å². The van der Waals surface area contributed by atoms with E-state index in [4.69, 9.17) is 23.2 Å². The van der Waals surface area contributed by atoms with Crippen LogP contribution in [0.1, 0.15) is 20.3 Å². The van der Waals surface area contributed by atoms with E-state index < -0.39 is 10.0 Å². The third-order valence-corrected chi connectivity index (χ3v) is 5.89. The van der Waals surface area contributed by atoms with Crippen LogP contribution in [-0.2, 0) is 10.0 Å². The van der Waals surface area contributed by atoms with Gasteiger partial charge in [0.05, 0.1) is 5.02 Å². The zero-order valence-corrected chi connectivity index (χ0v) is 13.3. The van der Waals surface area contributed by atoms with Crippen molar-refractivity contribution in [3.63, 3.8) is 0 Å². The normalized spacial score (nSPS) is 25.5. The average Bonchev–Trinajstić information content (AvgIpc) is 2.31. The fraction of sp³-hybridized carbons (Fsp3) is 0.538. The molecule has 0 unspecified atom stereocenters. The highest BCUT2D eigenvalue weighted by Crippen LogP contribution is 2.31. The van der Waals surface area contributed by atoms with Gasteiger partial charge in [-0.2, -0.15) is 4.31 Å². The highest BCUT2D eigenvalue weighted by Gasteiger charge is 2.32. The van der Waals surface area contributed by atoms with Crippen LogP contribution in [0.2, 0.25) is 10.0 Å². The van der Waals surface area contributed by atoms with Gasteiger partial charge in [-0.3, -0.25) is 0 Å². The van der Waals surface area contributed by atoms with Crippen molar-refractivity contribution in [3.05, 3.63) is 28.2 Å². The molecule has 1 heterocycles. The molecule has 1 saturated heterocycles. The first-order chi connectivity index (χ1) is 8.80. The lowest BCUT2D eigenvalue weighted by Gasteiger charge is -2.34. The highest BCUT2D eigenvalue weighted by molar-refractivity contribution is 7.89. The van der Waals surface area contributed by atoms with Gasteiger partial charge in [0.15, 0.2) is 0 Å². The fourth-order valence-electron chi connectivity index (χ4n) is 2.62. The number of rotatable bonds is 2. The van der Waals surface area contributed by atoms with Gasteiger partial charge in [-0.15, -0.1) is 0 Å². The van der Waals surface area contributed by atoms with E-state index in [1.165, 1.54) is 16.4 Å². The molecule has 0 saturated carbocycles. The minimum Gasteiger partial charge on any atom is -0.207 e. The van der Waals surface area contributed by atoms with Gasteiger partial charge in [-0.25, -0.2) is 8.42 Å². The second-order valence-electron chi connectivity index (χ2n) is 5.34. The number of benzene rings is 1. The van der Waals surface area contributed by atoms with E-state index in [0.717, 1.165) is 6.42 Å². The zero-order chi connectivity index (χ0) is 14.2. The molecule has 1 fully saturated rings. The first kappa shape index (κ1) is 15.1. The topological polar surface area (TPSA) is 37.4 Å². The van der Waals surface area contributed by atoms with Crippen LogP contribution in [-0.4, -0.2) is 25.8 Å². The first-order valence-electron chi connectivity index (χ1n) is 6.26. The Morgan fingerprint density at radius 1 is 1.16 bits per heavy atom. The molecule has 0 N–H and O–H groups in total. The number of piperidine rings is 1. The minimum atomic E-state index is -3.56. The maximum absolute atomic E-state index is 12.6. The highest BCUT2D eigenvalue weighted by atomic mass is 35.5. The van der Waals surface area contributed by atoms with Crippen molar-refractivity contribution >= 4 is 33.2 Å². The summed E-state index contributed by atoms with van der Waals surface area (Å²) in [4.78, 5) is 0.1000. The Morgan fingerprint density at radius 2 is 1.74 bits per heavy atom. The third kappa shape index (κ3) is 3.24. The first-order valence-corrected chi connectivity index (χ1v) is 8.45. The van der Waals surface area contributed by atoms with Crippen LogP contribution in [0, 0.1) is 11.8 Å². The second kappa shape index (κ2) is 5.60. The summed E-state index contributed by atoms with van der Waals surface area (Å²) in [6.07, 6.45) is 1.05. The molecule has 0 aromatic heterocycles. The van der Waals surface area contributed by atoms with Crippen molar-refractivity contribution in [2.75, 3.05) is 13.1 Å². The van der Waals surface area contributed by atoms with Crippen molar-refractivity contribution in [1.82, 2.24) is 4.31 Å². The number of hydrogen-bond acceptors (Lipinski definition) is 2. The standard InChI is InChI=1S/C13H17Cl2NO2S/c1-9-5-10(2)8-16(7-9)19(17,18)13-6-11(14)3-4-12(13)15/h3-4,6,9-10H,5,7-8H2,1-2H3/t9-,10+. The van der Waals surface area contributed by atoms with E-state index in [2.05, 4.69) is 13.8 Å². The molecule has 2 atom stereocenters. The van der Waals surface area contributed by atoms with Gasteiger partial charge in [-0.05, 0) is 36.5 Å². The second-order valence-corrected chi connectivity index (χ2v) is 8.09. The zero-order valence-electron chi connectivity index (χ0n) is 10.9. The summed E-state index contributed by atoms with van der Waals surface area (Å²) >= 11 is 11.9. The Bertz CT molecular complexity index is 564. The molecule has 2 rings (SSSR count). The molecule has 0 aliphatic carbocycles. The number of sulfonamides is 1. The largest absolute Gasteiger partial charge is 0.244 e. The minimum absolute atomic E-state index is 0.1000. The van der Waals surface area contributed by atoms with E-state index in [1.807, 2.05) is 0 Å². The van der Waals surface area contributed by atoms with Crippen molar-refractivity contribution in [3.8, 4) is 0 Å². The quantitative estimate of drug-likeness (QED) is 0.833. The predicted octanol–water partition coefficient (Wildman–Crippen LogP) is 3.66. The molecule has 1 aliphatic heterocycles. The molecule has 6 heteroatoms. The average molecular weight is 322 g/mol. The van der Waals surface area contributed by atoms with E-state index in [9.17, 15) is 8.42 Å². The number of nitrogens with zero attached hydrogens (tertiary/aromatic N) is 1. The summed E-state index contributed by atoms with van der Waals surface area (Å²) in [6.45, 7) is 5.21. The van der Waals surface area contributed by atoms with Crippen molar-refractivity contribution in [2.45, 2.75) is 25.2 Å². The molecular weight excluding hydrogens is 305 g/mol. The summed E-state index contributed by atoms with van der Waals surface area (Å²) in [6, 6.07) is 4.53. The lowest BCUT2D eigenvalue weighted by Crippen LogP contribution is -2.42. The Balaban J connectivity index is 2.39. The van der Waals surface area contributed by atoms with Crippen LogP contribution in [0.15, 0.2) is 23.1 Å². The molecule has 0 radical (unpaired) electrons. The van der Waals surface area contributed by atoms with Crippen LogP contribution < -0.4 is 0 Å². The van der Waals surface area contributed by atoms with Gasteiger partial charge in [0.2, 0.25) is 10.0 Å². The molecule has 1 aromatic rings. The smallest absolute Gasteiger partial charge is 0.207 e. The molecular formula is C13H17Cl2NO2S. The lowest BCUT2D eigenvalue weighted by atomic mass is 9.94. The Kier molecular flexibility index (Phi) is 4.45. The maximum atomic E-state index is 12.6. The fourth-order valence-corrected chi connectivity index (χ4v) is 5.03. The van der Waals surface area contributed by atoms with Crippen molar-refractivity contribution in [1.29, 1.82) is 0 Å². The molecule has 0 spiro atoms. The molecule has 106 valence electrons. The predicted molar refractivity (Wildman–Crippen MR) is 78.2 cm³/mol. The van der Waals surface area contributed by atoms with Gasteiger partial charge in [0, 0.05) is 18.1 Å². The third-order valence-electron chi connectivity index (χ3n) is 3.35. The number of halogens is 2. The molecule has 1 aromatic carbocycles. The molecule has 19 heavy (non-hydrogen) atoms. The Labute approximate surface area is 124 Å². The van der Waals surface area contributed by atoms with E-state index in [-0.39, 0.29) is 9.92 Å². The van der Waals surface area contributed by atoms with Gasteiger partial charge in [0.1, 0.15) is 4.90 Å². The van der Waals surface area contributed by atoms with Gasteiger partial charge >= 0.3 is 0 Å². The van der Waals surface area contributed by atoms with Crippen LogP contribution in [0.5, 0.6) is 0 Å². The lowest BCUT2D eigenvalue weighted by molar-refractivity contribution is 0.222. The molecule has 0 amide bonds. The number of hydrogen-bond donors (Lipinski definition) is 0. The summed E-state index contributed by atoms with van der Waals surface area (Å²) in [5, 5.41) is 0.594. The maximum Gasteiger partial charge on any atom is 0.244 e. The Hall–Kier alpha value is -0.290. The van der Waals surface area contributed by atoms with E-state index in [1.54, 1.807) is 6.07 Å². The van der Waals surface area contributed by atoms with E-state index in [0.29, 0.717) is 29.9 Å². The monoisotopic (exact) mass is 321 g/mol. The Morgan fingerprint density at radius 3 is 2.32 bits per heavy atom. The van der Waals surface area contributed by atoms with Gasteiger partial charge in [0.25, 0.3) is 0 Å². The molecule has 0 bridgehead atoms. The van der Waals surface area contributed by atoms with Crippen molar-refractivity contribution < 1.29 is 8.42 Å². The van der Waals surface area contributed by atoms with Crippen LogP contribution in [0.3, 0.4) is 0 Å². The SMILES string of the molecule is C[C@@H]1C[C@H](C)CN(S(=O)(=O)c2cc(Cl)ccc2Cl)C1. The summed E-state index contributed by atoms with van der Waals surface area (Å²) in [5.41, 5.74) is 0. The summed E-state index contributed by atoms with van der Waals surface area (Å²) in [7, 11) is -3.56. The molecule has 1 aliphatic rings. The van der Waals surface area contributed by atoms with Crippen LogP contribution in [0.4, 0.5) is 0 Å². The molecule has 3 nitrogen and oxygen atoms in total. The van der Waals surface area contributed by atoms with Crippen molar-refractivity contribution in [2.24, 2.45) is 11.8 Å². The van der Waals surface area contributed by atoms with Gasteiger partial charge < -0.3 is 0 Å². The van der Waals surface area contributed by atoms with Gasteiger partial charge in [-0.1, -0.05) is 37.0 Å². The van der Waals surface area contributed by atoms with E-state index >= 15 is 0 Å². The summed E-state index contributed by atoms with van der Waals surface area (Å²) < 4.78 is 26.8.